The molecule has 94 valence electrons. The molecule has 0 spiro atoms. The fourth-order valence-corrected chi connectivity index (χ4v) is 1.76. The number of H-pyrrole nitrogens is 1. The maximum Gasteiger partial charge on any atom is 0.319 e. The second-order valence-corrected chi connectivity index (χ2v) is 4.45. The molecule has 2 rings (SSSR count). The number of nitrogens with zero attached hydrogens (tertiary/aromatic N) is 1. The van der Waals surface area contributed by atoms with E-state index in [1.54, 1.807) is 18.3 Å². The van der Waals surface area contributed by atoms with Gasteiger partial charge in [0.1, 0.15) is 5.82 Å². The number of carbonyl (C=O) groups is 1. The number of hydrogen-bond donors (Lipinski definition) is 3. The molecule has 7 heteroatoms. The Bertz CT molecular complexity index is 544. The average Bonchev–Trinajstić information content (AvgIpc) is 2.83. The number of nitrogens with one attached hydrogen (secondary N) is 3. The third kappa shape index (κ3) is 3.30. The molecule has 0 fully saturated rings. The average molecular weight is 313 g/mol. The van der Waals surface area contributed by atoms with E-state index in [0.717, 1.165) is 4.47 Å². The lowest BCUT2D eigenvalue weighted by Gasteiger charge is -2.07. The maximum atomic E-state index is 13.4. The summed E-state index contributed by atoms with van der Waals surface area (Å²) in [6.07, 6.45) is 3.01. The van der Waals surface area contributed by atoms with Crippen LogP contribution in [0.3, 0.4) is 0 Å². The number of aromatic amines is 1. The van der Waals surface area contributed by atoms with Crippen LogP contribution in [0.5, 0.6) is 0 Å². The summed E-state index contributed by atoms with van der Waals surface area (Å²) in [7, 11) is 0. The van der Waals surface area contributed by atoms with Crippen molar-refractivity contribution in [1.82, 2.24) is 15.5 Å². The van der Waals surface area contributed by atoms with Gasteiger partial charge in [0.05, 0.1) is 11.9 Å². The molecule has 18 heavy (non-hydrogen) atoms. The molecule has 0 radical (unpaired) electrons. The molecule has 0 saturated carbocycles. The molecule has 0 aliphatic heterocycles. The minimum Gasteiger partial charge on any atom is -0.334 e. The fraction of sp³-hybridized carbons (Fsp3) is 0.0909. The van der Waals surface area contributed by atoms with Crippen molar-refractivity contribution in [2.45, 2.75) is 6.54 Å². The standard InChI is InChI=1S/C11H10BrFN4O/c12-8-1-2-10(13)7(3-8)4-14-11(18)17-9-5-15-16-6-9/h1-3,5-6H,4H2,(H,15,16)(H2,14,17,18). The highest BCUT2D eigenvalue weighted by molar-refractivity contribution is 9.10. The lowest BCUT2D eigenvalue weighted by molar-refractivity contribution is 0.251. The molecular formula is C11H10BrFN4O. The van der Waals surface area contributed by atoms with Crippen LogP contribution in [0.4, 0.5) is 14.9 Å². The van der Waals surface area contributed by atoms with Gasteiger partial charge in [-0.05, 0) is 18.2 Å². The zero-order valence-electron chi connectivity index (χ0n) is 9.21. The van der Waals surface area contributed by atoms with Gasteiger partial charge in [0.2, 0.25) is 0 Å². The smallest absolute Gasteiger partial charge is 0.319 e. The molecule has 0 aliphatic rings. The van der Waals surface area contributed by atoms with Crippen LogP contribution in [0.15, 0.2) is 35.1 Å². The quantitative estimate of drug-likeness (QED) is 0.815. The Kier molecular flexibility index (Phi) is 3.93. The van der Waals surface area contributed by atoms with Crippen LogP contribution in [0.1, 0.15) is 5.56 Å². The SMILES string of the molecule is O=C(NCc1cc(Br)ccc1F)Nc1cn[nH]c1. The van der Waals surface area contributed by atoms with E-state index in [-0.39, 0.29) is 12.4 Å². The van der Waals surface area contributed by atoms with Gasteiger partial charge in [-0.1, -0.05) is 15.9 Å². The van der Waals surface area contributed by atoms with Crippen molar-refractivity contribution in [2.24, 2.45) is 0 Å². The van der Waals surface area contributed by atoms with E-state index in [1.165, 1.54) is 12.3 Å². The van der Waals surface area contributed by atoms with Gasteiger partial charge in [0.15, 0.2) is 0 Å². The lowest BCUT2D eigenvalue weighted by atomic mass is 10.2. The maximum absolute atomic E-state index is 13.4. The van der Waals surface area contributed by atoms with Crippen LogP contribution < -0.4 is 10.6 Å². The molecule has 0 aliphatic carbocycles. The van der Waals surface area contributed by atoms with E-state index >= 15 is 0 Å². The summed E-state index contributed by atoms with van der Waals surface area (Å²) in [5.74, 6) is -0.359. The zero-order chi connectivity index (χ0) is 13.0. The van der Waals surface area contributed by atoms with Gasteiger partial charge in [-0.2, -0.15) is 5.10 Å². The number of amides is 2. The van der Waals surface area contributed by atoms with Crippen molar-refractivity contribution in [1.29, 1.82) is 0 Å². The van der Waals surface area contributed by atoms with Crippen molar-refractivity contribution < 1.29 is 9.18 Å². The second kappa shape index (κ2) is 5.63. The highest BCUT2D eigenvalue weighted by Gasteiger charge is 2.06. The Morgan fingerprint density at radius 3 is 3.06 bits per heavy atom. The van der Waals surface area contributed by atoms with E-state index in [4.69, 9.17) is 0 Å². The molecule has 2 aromatic rings. The summed E-state index contributed by atoms with van der Waals surface area (Å²) in [6.45, 7) is 0.106. The van der Waals surface area contributed by atoms with E-state index in [2.05, 4.69) is 36.8 Å². The van der Waals surface area contributed by atoms with Crippen LogP contribution in [0.2, 0.25) is 0 Å². The van der Waals surface area contributed by atoms with Crippen molar-refractivity contribution in [3.8, 4) is 0 Å². The zero-order valence-corrected chi connectivity index (χ0v) is 10.8. The normalized spacial score (nSPS) is 10.1. The van der Waals surface area contributed by atoms with Gasteiger partial charge in [-0.3, -0.25) is 5.10 Å². The number of halogens is 2. The Labute approximate surface area is 111 Å². The van der Waals surface area contributed by atoms with Crippen LogP contribution in [0, 0.1) is 5.82 Å². The summed E-state index contributed by atoms with van der Waals surface area (Å²) < 4.78 is 14.1. The molecular weight excluding hydrogens is 303 g/mol. The summed E-state index contributed by atoms with van der Waals surface area (Å²) in [5.41, 5.74) is 0.953. The van der Waals surface area contributed by atoms with Crippen LogP contribution in [-0.2, 0) is 6.54 Å². The van der Waals surface area contributed by atoms with E-state index in [0.29, 0.717) is 11.3 Å². The minimum absolute atomic E-state index is 0.106. The molecule has 1 aromatic carbocycles. The minimum atomic E-state index is -0.421. The first-order valence-corrected chi connectivity index (χ1v) is 5.92. The lowest BCUT2D eigenvalue weighted by Crippen LogP contribution is -2.28. The molecule has 2 amide bonds. The third-order valence-electron chi connectivity index (χ3n) is 2.20. The van der Waals surface area contributed by atoms with Gasteiger partial charge < -0.3 is 10.6 Å². The van der Waals surface area contributed by atoms with Crippen molar-refractivity contribution >= 4 is 27.6 Å². The number of hydrogen-bond acceptors (Lipinski definition) is 2. The molecule has 0 saturated heterocycles. The highest BCUT2D eigenvalue weighted by atomic mass is 79.9. The summed E-state index contributed by atoms with van der Waals surface area (Å²) >= 11 is 3.24. The number of rotatable bonds is 3. The van der Waals surface area contributed by atoms with E-state index in [9.17, 15) is 9.18 Å². The van der Waals surface area contributed by atoms with Gasteiger partial charge in [-0.15, -0.1) is 0 Å². The molecule has 1 aromatic heterocycles. The van der Waals surface area contributed by atoms with Gasteiger partial charge in [-0.25, -0.2) is 9.18 Å². The predicted molar refractivity (Wildman–Crippen MR) is 68.5 cm³/mol. The van der Waals surface area contributed by atoms with Crippen LogP contribution in [-0.4, -0.2) is 16.2 Å². The number of aromatic nitrogens is 2. The Balaban J connectivity index is 1.91. The van der Waals surface area contributed by atoms with E-state index < -0.39 is 6.03 Å². The molecule has 0 atom stereocenters. The molecule has 1 heterocycles. The largest absolute Gasteiger partial charge is 0.334 e. The first-order valence-electron chi connectivity index (χ1n) is 5.13. The van der Waals surface area contributed by atoms with Gasteiger partial charge >= 0.3 is 6.03 Å². The summed E-state index contributed by atoms with van der Waals surface area (Å²) in [4.78, 5) is 11.5. The van der Waals surface area contributed by atoms with Crippen molar-refractivity contribution in [3.05, 3.63) is 46.4 Å². The first-order chi connectivity index (χ1) is 8.65. The van der Waals surface area contributed by atoms with Gasteiger partial charge in [0, 0.05) is 22.8 Å². The predicted octanol–water partition coefficient (Wildman–Crippen LogP) is 2.63. The fourth-order valence-electron chi connectivity index (χ4n) is 1.35. The summed E-state index contributed by atoms with van der Waals surface area (Å²) in [6, 6.07) is 4.14. The summed E-state index contributed by atoms with van der Waals surface area (Å²) in [5, 5.41) is 11.4. The topological polar surface area (TPSA) is 69.8 Å². The first kappa shape index (κ1) is 12.6. The van der Waals surface area contributed by atoms with Crippen molar-refractivity contribution in [2.75, 3.05) is 5.32 Å². The number of carbonyl (C=O) groups excluding carboxylic acids is 1. The number of urea groups is 1. The molecule has 3 N–H and O–H groups in total. The van der Waals surface area contributed by atoms with Crippen LogP contribution in [0.25, 0.3) is 0 Å². The Hall–Kier alpha value is -1.89. The number of anilines is 1. The molecule has 0 bridgehead atoms. The van der Waals surface area contributed by atoms with Gasteiger partial charge in [0.25, 0.3) is 0 Å². The third-order valence-corrected chi connectivity index (χ3v) is 2.70. The molecule has 0 unspecified atom stereocenters. The van der Waals surface area contributed by atoms with Crippen LogP contribution >= 0.6 is 15.9 Å². The molecule has 5 nitrogen and oxygen atoms in total. The second-order valence-electron chi connectivity index (χ2n) is 3.53. The highest BCUT2D eigenvalue weighted by Crippen LogP contribution is 2.15. The Morgan fingerprint density at radius 2 is 2.33 bits per heavy atom. The Morgan fingerprint density at radius 1 is 1.50 bits per heavy atom. The number of benzene rings is 1. The van der Waals surface area contributed by atoms with E-state index in [1.807, 2.05) is 0 Å². The monoisotopic (exact) mass is 312 g/mol. The van der Waals surface area contributed by atoms with Crippen molar-refractivity contribution in [3.63, 3.8) is 0 Å².